The first kappa shape index (κ1) is 32.3. The van der Waals surface area contributed by atoms with Crippen LogP contribution < -0.4 is 14.9 Å². The molecule has 10 heteroatoms. The highest BCUT2D eigenvalue weighted by molar-refractivity contribution is 7.87. The minimum Gasteiger partial charge on any atom is -0.507 e. The number of amides is 2. The molecule has 42 heavy (non-hydrogen) atoms. The third-order valence-electron chi connectivity index (χ3n) is 6.38. The monoisotopic (exact) mass is 593 g/mol. The molecule has 2 amide bonds. The number of rotatable bonds is 9. The number of hydrazone groups is 1. The second-order valence-corrected chi connectivity index (χ2v) is 13.7. The summed E-state index contributed by atoms with van der Waals surface area (Å²) < 4.78 is 30.4. The van der Waals surface area contributed by atoms with Gasteiger partial charge in [0.15, 0.2) is 0 Å². The van der Waals surface area contributed by atoms with Crippen molar-refractivity contribution in [2.24, 2.45) is 5.10 Å². The van der Waals surface area contributed by atoms with Gasteiger partial charge in [0.1, 0.15) is 16.4 Å². The summed E-state index contributed by atoms with van der Waals surface area (Å²) in [7, 11) is -4.07. The molecule has 224 valence electrons. The van der Waals surface area contributed by atoms with Crippen molar-refractivity contribution in [3.63, 3.8) is 0 Å². The van der Waals surface area contributed by atoms with Gasteiger partial charge in [0.25, 0.3) is 0 Å². The standard InChI is InChI=1S/C32H39N3O6S/c1-21(36)34-24-11-15-26(16-12-24)42(39,40)41-25-13-8-22(9-14-25)20-33-35-29(37)17-10-23-18-27(31(2,3)4)30(38)28(19-23)32(5,6)7/h8-9,11-16,18-20,38H,10,17H2,1-7H3,(H,34,36)(H,35,37)/b33-20-. The maximum atomic E-state index is 12.6. The Morgan fingerprint density at radius 3 is 1.95 bits per heavy atom. The van der Waals surface area contributed by atoms with Crippen LogP contribution in [0.1, 0.15) is 77.1 Å². The summed E-state index contributed by atoms with van der Waals surface area (Å²) in [6.45, 7) is 13.6. The fraction of sp³-hybridized carbons (Fsp3) is 0.344. The largest absolute Gasteiger partial charge is 0.507 e. The lowest BCUT2D eigenvalue weighted by Gasteiger charge is -2.28. The number of nitrogens with one attached hydrogen (secondary N) is 2. The van der Waals surface area contributed by atoms with Gasteiger partial charge in [0.2, 0.25) is 11.8 Å². The van der Waals surface area contributed by atoms with E-state index in [4.69, 9.17) is 4.18 Å². The van der Waals surface area contributed by atoms with Crippen LogP contribution in [0.25, 0.3) is 0 Å². The maximum absolute atomic E-state index is 12.6. The Hall–Kier alpha value is -4.18. The first-order chi connectivity index (χ1) is 19.5. The normalized spacial score (nSPS) is 12.3. The molecule has 0 aliphatic carbocycles. The molecule has 0 heterocycles. The average molecular weight is 594 g/mol. The van der Waals surface area contributed by atoms with E-state index in [1.54, 1.807) is 12.1 Å². The van der Waals surface area contributed by atoms with Crippen molar-refractivity contribution in [1.29, 1.82) is 0 Å². The summed E-state index contributed by atoms with van der Waals surface area (Å²) in [6, 6.07) is 15.8. The summed E-state index contributed by atoms with van der Waals surface area (Å²) in [4.78, 5) is 23.6. The molecule has 0 radical (unpaired) electrons. The molecule has 0 saturated carbocycles. The van der Waals surface area contributed by atoms with Crippen molar-refractivity contribution in [3.8, 4) is 11.5 Å². The van der Waals surface area contributed by atoms with Gasteiger partial charge in [-0.2, -0.15) is 13.5 Å². The molecule has 9 nitrogen and oxygen atoms in total. The lowest BCUT2D eigenvalue weighted by Crippen LogP contribution is -2.20. The van der Waals surface area contributed by atoms with Crippen LogP contribution in [0.15, 0.2) is 70.7 Å². The minimum atomic E-state index is -4.07. The summed E-state index contributed by atoms with van der Waals surface area (Å²) in [6.07, 6.45) is 2.16. The van der Waals surface area contributed by atoms with Crippen LogP contribution in [0.3, 0.4) is 0 Å². The molecule has 0 saturated heterocycles. The zero-order chi connectivity index (χ0) is 31.3. The van der Waals surface area contributed by atoms with Crippen LogP contribution in [0, 0.1) is 0 Å². The average Bonchev–Trinajstić information content (AvgIpc) is 2.87. The number of hydrogen-bond acceptors (Lipinski definition) is 7. The summed E-state index contributed by atoms with van der Waals surface area (Å²) in [5, 5.41) is 17.5. The third-order valence-corrected chi connectivity index (χ3v) is 7.64. The highest BCUT2D eigenvalue weighted by atomic mass is 32.2. The quantitative estimate of drug-likeness (QED) is 0.163. The van der Waals surface area contributed by atoms with Gasteiger partial charge < -0.3 is 14.6 Å². The van der Waals surface area contributed by atoms with Gasteiger partial charge >= 0.3 is 10.1 Å². The molecule has 3 aromatic rings. The van der Waals surface area contributed by atoms with E-state index in [9.17, 15) is 23.1 Å². The van der Waals surface area contributed by atoms with Crippen LogP contribution >= 0.6 is 0 Å². The maximum Gasteiger partial charge on any atom is 0.339 e. The zero-order valence-electron chi connectivity index (χ0n) is 25.1. The number of phenolic OH excluding ortho intramolecular Hbond substituents is 1. The number of aromatic hydroxyl groups is 1. The summed E-state index contributed by atoms with van der Waals surface area (Å²) in [5.41, 5.74) is 5.79. The number of nitrogens with zero attached hydrogens (tertiary/aromatic N) is 1. The predicted octanol–water partition coefficient (Wildman–Crippen LogP) is 5.80. The number of aryl methyl sites for hydroxylation is 1. The zero-order valence-corrected chi connectivity index (χ0v) is 25.9. The Labute approximate surface area is 248 Å². The second kappa shape index (κ2) is 12.8. The molecular weight excluding hydrogens is 554 g/mol. The van der Waals surface area contributed by atoms with E-state index in [1.165, 1.54) is 49.5 Å². The van der Waals surface area contributed by atoms with Crippen LogP contribution in [-0.2, 0) is 37.0 Å². The van der Waals surface area contributed by atoms with Gasteiger partial charge in [-0.15, -0.1) is 0 Å². The van der Waals surface area contributed by atoms with Crippen LogP contribution in [0.5, 0.6) is 11.5 Å². The van der Waals surface area contributed by atoms with Crippen molar-refractivity contribution in [1.82, 2.24) is 5.43 Å². The Kier molecular flexibility index (Phi) is 9.83. The Morgan fingerprint density at radius 1 is 0.905 bits per heavy atom. The molecule has 0 aromatic heterocycles. The molecule has 0 aliphatic heterocycles. The molecule has 0 bridgehead atoms. The molecule has 0 spiro atoms. The number of benzene rings is 3. The van der Waals surface area contributed by atoms with Crippen LogP contribution in [0.4, 0.5) is 5.69 Å². The first-order valence-electron chi connectivity index (χ1n) is 13.6. The highest BCUT2D eigenvalue weighted by Crippen LogP contribution is 2.40. The van der Waals surface area contributed by atoms with Crippen molar-refractivity contribution in [2.45, 2.75) is 77.0 Å². The van der Waals surface area contributed by atoms with E-state index >= 15 is 0 Å². The molecule has 0 fully saturated rings. The minimum absolute atomic E-state index is 0.0542. The lowest BCUT2D eigenvalue weighted by atomic mass is 9.78. The number of carbonyl (C=O) groups is 2. The van der Waals surface area contributed by atoms with Crippen molar-refractivity contribution in [3.05, 3.63) is 82.9 Å². The highest BCUT2D eigenvalue weighted by Gasteiger charge is 2.26. The van der Waals surface area contributed by atoms with Crippen LogP contribution in [-0.4, -0.2) is 31.6 Å². The van der Waals surface area contributed by atoms with Crippen LogP contribution in [0.2, 0.25) is 0 Å². The molecule has 3 rings (SSSR count). The molecular formula is C32H39N3O6S. The smallest absolute Gasteiger partial charge is 0.339 e. The summed E-state index contributed by atoms with van der Waals surface area (Å²) >= 11 is 0. The lowest BCUT2D eigenvalue weighted by molar-refractivity contribution is -0.121. The Morgan fingerprint density at radius 2 is 1.45 bits per heavy atom. The predicted molar refractivity (Wildman–Crippen MR) is 165 cm³/mol. The van der Waals surface area contributed by atoms with E-state index in [0.29, 0.717) is 23.4 Å². The van der Waals surface area contributed by atoms with E-state index in [2.05, 4.69) is 15.8 Å². The summed E-state index contributed by atoms with van der Waals surface area (Å²) in [5.74, 6) is -0.104. The van der Waals surface area contributed by atoms with Crippen molar-refractivity contribution >= 4 is 33.8 Å². The van der Waals surface area contributed by atoms with E-state index in [-0.39, 0.29) is 39.7 Å². The topological polar surface area (TPSA) is 134 Å². The Balaban J connectivity index is 1.58. The van der Waals surface area contributed by atoms with Gasteiger partial charge in [-0.05, 0) is 88.0 Å². The number of phenols is 1. The number of hydrogen-bond donors (Lipinski definition) is 3. The first-order valence-corrected chi connectivity index (χ1v) is 15.0. The fourth-order valence-corrected chi connectivity index (χ4v) is 5.10. The van der Waals surface area contributed by atoms with Gasteiger partial charge in [-0.25, -0.2) is 5.43 Å². The Bertz CT molecular complexity index is 1530. The number of anilines is 1. The van der Waals surface area contributed by atoms with Gasteiger partial charge in [-0.1, -0.05) is 53.7 Å². The molecule has 3 aromatic carbocycles. The van der Waals surface area contributed by atoms with E-state index in [1.807, 2.05) is 53.7 Å². The second-order valence-electron chi connectivity index (χ2n) is 12.1. The fourth-order valence-electron chi connectivity index (χ4n) is 4.17. The van der Waals surface area contributed by atoms with Crippen molar-refractivity contribution in [2.75, 3.05) is 5.32 Å². The van der Waals surface area contributed by atoms with Gasteiger partial charge in [0, 0.05) is 19.0 Å². The number of carbonyl (C=O) groups excluding carboxylic acids is 2. The molecule has 0 aliphatic rings. The van der Waals surface area contributed by atoms with E-state index < -0.39 is 10.1 Å². The third kappa shape index (κ3) is 8.91. The SMILES string of the molecule is CC(=O)Nc1ccc(S(=O)(=O)Oc2ccc(/C=N\NC(=O)CCc3cc(C(C)(C)C)c(O)c(C(C)(C)C)c3)cc2)cc1. The van der Waals surface area contributed by atoms with Crippen molar-refractivity contribution < 1.29 is 27.3 Å². The molecule has 3 N–H and O–H groups in total. The van der Waals surface area contributed by atoms with Gasteiger partial charge in [0.05, 0.1) is 6.21 Å². The molecule has 0 unspecified atom stereocenters. The van der Waals surface area contributed by atoms with E-state index in [0.717, 1.165) is 16.7 Å². The van der Waals surface area contributed by atoms with Gasteiger partial charge in [-0.3, -0.25) is 9.59 Å². The molecule has 0 atom stereocenters.